The first-order chi connectivity index (χ1) is 11.9. The third-order valence-corrected chi connectivity index (χ3v) is 5.54. The Kier molecular flexibility index (Phi) is 5.15. The summed E-state index contributed by atoms with van der Waals surface area (Å²) in [5.74, 6) is 0. The summed E-state index contributed by atoms with van der Waals surface area (Å²) in [6.07, 6.45) is -3.58. The number of rotatable bonds is 5. The van der Waals surface area contributed by atoms with Crippen LogP contribution >= 0.6 is 0 Å². The van der Waals surface area contributed by atoms with Gasteiger partial charge in [-0.25, -0.2) is 8.93 Å². The molecule has 0 saturated heterocycles. The Labute approximate surface area is 147 Å². The maximum atomic E-state index is 13.0. The zero-order valence-corrected chi connectivity index (χ0v) is 14.5. The molecule has 0 aliphatic carbocycles. The Morgan fingerprint density at radius 2 is 1.84 bits per heavy atom. The Hall–Kier alpha value is -1.86. The van der Waals surface area contributed by atoms with Crippen molar-refractivity contribution < 1.29 is 17.4 Å². The standard InChI is InChI=1S/C18H19F3N2OS/c1-13(23-11-10-14-6-2-4-8-16(14)23)12-22-25(24)17-9-5-3-7-15(17)18(19,20)21/h2-9,13,22H,10-12H2,1H3. The highest BCUT2D eigenvalue weighted by molar-refractivity contribution is 7.83. The summed E-state index contributed by atoms with van der Waals surface area (Å²) >= 11 is 0. The van der Waals surface area contributed by atoms with Gasteiger partial charge in [0, 0.05) is 24.8 Å². The number of alkyl halides is 3. The first kappa shape index (κ1) is 17.9. The van der Waals surface area contributed by atoms with Crippen LogP contribution in [-0.4, -0.2) is 23.3 Å². The minimum absolute atomic E-state index is 0.0191. The second kappa shape index (κ2) is 7.17. The van der Waals surface area contributed by atoms with Crippen molar-refractivity contribution in [1.82, 2.24) is 4.72 Å². The molecule has 0 aromatic heterocycles. The number of para-hydroxylation sites is 1. The van der Waals surface area contributed by atoms with Crippen LogP contribution in [0.1, 0.15) is 18.1 Å². The highest BCUT2D eigenvalue weighted by atomic mass is 32.2. The van der Waals surface area contributed by atoms with E-state index in [2.05, 4.69) is 15.7 Å². The Morgan fingerprint density at radius 1 is 1.16 bits per heavy atom. The van der Waals surface area contributed by atoms with Crippen molar-refractivity contribution in [3.8, 4) is 0 Å². The number of hydrogen-bond acceptors (Lipinski definition) is 2. The van der Waals surface area contributed by atoms with Crippen LogP contribution in [0.3, 0.4) is 0 Å². The molecular weight excluding hydrogens is 349 g/mol. The molecular formula is C18H19F3N2OS. The third kappa shape index (κ3) is 3.88. The number of benzene rings is 2. The van der Waals surface area contributed by atoms with Crippen molar-refractivity contribution in [2.75, 3.05) is 18.0 Å². The Morgan fingerprint density at radius 3 is 2.60 bits per heavy atom. The number of nitrogens with one attached hydrogen (secondary N) is 1. The summed E-state index contributed by atoms with van der Waals surface area (Å²) in [5.41, 5.74) is 1.54. The SMILES string of the molecule is CC(CNS(=O)c1ccccc1C(F)(F)F)N1CCc2ccccc21. The molecule has 7 heteroatoms. The molecule has 2 unspecified atom stereocenters. The predicted octanol–water partition coefficient (Wildman–Crippen LogP) is 3.77. The van der Waals surface area contributed by atoms with Gasteiger partial charge in [0.05, 0.1) is 10.5 Å². The molecule has 2 aromatic rings. The summed E-state index contributed by atoms with van der Waals surface area (Å²) in [7, 11) is -1.92. The van der Waals surface area contributed by atoms with Gasteiger partial charge in [0.2, 0.25) is 0 Å². The van der Waals surface area contributed by atoms with Crippen LogP contribution in [0.25, 0.3) is 0 Å². The lowest BCUT2D eigenvalue weighted by Crippen LogP contribution is -2.40. The molecule has 0 saturated carbocycles. The fraction of sp³-hybridized carbons (Fsp3) is 0.333. The van der Waals surface area contributed by atoms with Crippen LogP contribution in [-0.2, 0) is 23.6 Å². The van der Waals surface area contributed by atoms with Crippen LogP contribution in [0.15, 0.2) is 53.4 Å². The van der Waals surface area contributed by atoms with E-state index in [1.165, 1.54) is 23.8 Å². The van der Waals surface area contributed by atoms with Gasteiger partial charge in [0.15, 0.2) is 0 Å². The van der Waals surface area contributed by atoms with Gasteiger partial charge in [-0.05, 0) is 37.1 Å². The summed E-state index contributed by atoms with van der Waals surface area (Å²) in [4.78, 5) is 1.96. The largest absolute Gasteiger partial charge is 0.417 e. The van der Waals surface area contributed by atoms with Crippen LogP contribution in [0.5, 0.6) is 0 Å². The minimum Gasteiger partial charge on any atom is -0.367 e. The summed E-state index contributed by atoms with van der Waals surface area (Å²) < 4.78 is 54.3. The van der Waals surface area contributed by atoms with E-state index in [9.17, 15) is 17.4 Å². The molecule has 25 heavy (non-hydrogen) atoms. The highest BCUT2D eigenvalue weighted by Crippen LogP contribution is 2.33. The van der Waals surface area contributed by atoms with E-state index < -0.39 is 22.7 Å². The van der Waals surface area contributed by atoms with E-state index in [1.54, 1.807) is 0 Å². The van der Waals surface area contributed by atoms with Gasteiger partial charge in [-0.15, -0.1) is 0 Å². The van der Waals surface area contributed by atoms with Crippen LogP contribution < -0.4 is 9.62 Å². The van der Waals surface area contributed by atoms with Gasteiger partial charge in [-0.2, -0.15) is 13.2 Å². The summed E-state index contributed by atoms with van der Waals surface area (Å²) in [6, 6.07) is 13.1. The van der Waals surface area contributed by atoms with E-state index in [4.69, 9.17) is 0 Å². The number of halogens is 3. The van der Waals surface area contributed by atoms with E-state index in [0.717, 1.165) is 24.7 Å². The monoisotopic (exact) mass is 368 g/mol. The molecule has 3 nitrogen and oxygen atoms in total. The van der Waals surface area contributed by atoms with Gasteiger partial charge in [0.1, 0.15) is 11.0 Å². The fourth-order valence-corrected chi connectivity index (χ4v) is 4.20. The normalized spacial score (nSPS) is 16.6. The lowest BCUT2D eigenvalue weighted by atomic mass is 10.2. The van der Waals surface area contributed by atoms with Gasteiger partial charge in [-0.3, -0.25) is 0 Å². The van der Waals surface area contributed by atoms with Crippen LogP contribution in [0.2, 0.25) is 0 Å². The second-order valence-electron chi connectivity index (χ2n) is 6.03. The van der Waals surface area contributed by atoms with Crippen molar-refractivity contribution in [2.45, 2.75) is 30.5 Å². The maximum Gasteiger partial charge on any atom is 0.417 e. The predicted molar refractivity (Wildman–Crippen MR) is 92.8 cm³/mol. The highest BCUT2D eigenvalue weighted by Gasteiger charge is 2.34. The number of anilines is 1. The number of hydrogen-bond donors (Lipinski definition) is 1. The van der Waals surface area contributed by atoms with Gasteiger partial charge in [-0.1, -0.05) is 30.3 Å². The molecule has 0 amide bonds. The smallest absolute Gasteiger partial charge is 0.367 e. The quantitative estimate of drug-likeness (QED) is 0.871. The Bertz CT molecular complexity index is 779. The molecule has 0 radical (unpaired) electrons. The maximum absolute atomic E-state index is 13.0. The average molecular weight is 368 g/mol. The third-order valence-electron chi connectivity index (χ3n) is 4.36. The zero-order valence-electron chi connectivity index (χ0n) is 13.7. The van der Waals surface area contributed by atoms with Crippen molar-refractivity contribution in [3.63, 3.8) is 0 Å². The van der Waals surface area contributed by atoms with Crippen molar-refractivity contribution in [2.24, 2.45) is 0 Å². The molecule has 3 rings (SSSR count). The fourth-order valence-electron chi connectivity index (χ4n) is 3.07. The molecule has 1 aliphatic rings. The molecule has 0 spiro atoms. The van der Waals surface area contributed by atoms with Crippen LogP contribution in [0.4, 0.5) is 18.9 Å². The van der Waals surface area contributed by atoms with E-state index >= 15 is 0 Å². The molecule has 1 aliphatic heterocycles. The van der Waals surface area contributed by atoms with Crippen LogP contribution in [0, 0.1) is 0 Å². The second-order valence-corrected chi connectivity index (χ2v) is 7.30. The summed E-state index contributed by atoms with van der Waals surface area (Å²) in [6.45, 7) is 3.16. The van der Waals surface area contributed by atoms with Gasteiger partial charge in [0.25, 0.3) is 0 Å². The molecule has 1 heterocycles. The van der Waals surface area contributed by atoms with E-state index in [1.807, 2.05) is 25.1 Å². The van der Waals surface area contributed by atoms with Gasteiger partial charge >= 0.3 is 6.18 Å². The summed E-state index contributed by atoms with van der Waals surface area (Å²) in [5, 5.41) is 0. The van der Waals surface area contributed by atoms with Crippen molar-refractivity contribution in [3.05, 3.63) is 59.7 Å². The van der Waals surface area contributed by atoms with E-state index in [-0.39, 0.29) is 10.9 Å². The molecule has 2 atom stereocenters. The first-order valence-electron chi connectivity index (χ1n) is 8.04. The first-order valence-corrected chi connectivity index (χ1v) is 9.19. The molecule has 0 fully saturated rings. The van der Waals surface area contributed by atoms with E-state index in [0.29, 0.717) is 6.54 Å². The number of nitrogens with zero attached hydrogens (tertiary/aromatic N) is 1. The lowest BCUT2D eigenvalue weighted by Gasteiger charge is -2.27. The lowest BCUT2D eigenvalue weighted by molar-refractivity contribution is -0.139. The van der Waals surface area contributed by atoms with Crippen molar-refractivity contribution >= 4 is 16.7 Å². The average Bonchev–Trinajstić information content (AvgIpc) is 3.03. The number of fused-ring (bicyclic) bond motifs is 1. The Balaban J connectivity index is 1.68. The molecule has 0 bridgehead atoms. The van der Waals surface area contributed by atoms with Crippen molar-refractivity contribution in [1.29, 1.82) is 0 Å². The molecule has 1 N–H and O–H groups in total. The molecule has 2 aromatic carbocycles. The topological polar surface area (TPSA) is 32.3 Å². The minimum atomic E-state index is -4.52. The molecule has 134 valence electrons. The van der Waals surface area contributed by atoms with Gasteiger partial charge < -0.3 is 4.90 Å². The zero-order chi connectivity index (χ0) is 18.0.